The fourth-order valence-electron chi connectivity index (χ4n) is 1.21. The average molecular weight is 229 g/mol. The lowest BCUT2D eigenvalue weighted by Crippen LogP contribution is -2.29. The predicted octanol–water partition coefficient (Wildman–Crippen LogP) is 1.67. The van der Waals surface area contributed by atoms with Gasteiger partial charge in [0.25, 0.3) is 0 Å². The van der Waals surface area contributed by atoms with Crippen LogP contribution in [0.5, 0.6) is 5.75 Å². The third-order valence-electron chi connectivity index (χ3n) is 1.87. The van der Waals surface area contributed by atoms with E-state index in [1.165, 1.54) is 0 Å². The van der Waals surface area contributed by atoms with Gasteiger partial charge < -0.3 is 9.64 Å². The summed E-state index contributed by atoms with van der Waals surface area (Å²) in [4.78, 5) is 6.32. The molecule has 1 aliphatic heterocycles. The Morgan fingerprint density at radius 3 is 3.25 bits per heavy atom. The minimum Gasteiger partial charge on any atom is -0.487 e. The Balaban J connectivity index is 2.52. The maximum Gasteiger partial charge on any atom is 0.176 e. The van der Waals surface area contributed by atoms with Gasteiger partial charge in [-0.1, -0.05) is 0 Å². The number of halogens is 1. The van der Waals surface area contributed by atoms with Gasteiger partial charge in [0, 0.05) is 13.2 Å². The Kier molecular flexibility index (Phi) is 1.92. The minimum absolute atomic E-state index is 0.730. The summed E-state index contributed by atoms with van der Waals surface area (Å²) in [5.74, 6) is 1.77. The zero-order chi connectivity index (χ0) is 8.55. The normalized spacial score (nSPS) is 15.3. The van der Waals surface area contributed by atoms with Crippen molar-refractivity contribution in [3.05, 3.63) is 16.7 Å². The number of hydrogen-bond acceptors (Lipinski definition) is 3. The smallest absolute Gasteiger partial charge is 0.176 e. The summed E-state index contributed by atoms with van der Waals surface area (Å²) in [6.45, 7) is 1.63. The van der Waals surface area contributed by atoms with E-state index in [1.807, 2.05) is 13.1 Å². The number of nitrogens with zero attached hydrogens (tertiary/aromatic N) is 2. The van der Waals surface area contributed by atoms with Crippen molar-refractivity contribution in [2.75, 3.05) is 25.1 Å². The van der Waals surface area contributed by atoms with Crippen LogP contribution >= 0.6 is 15.9 Å². The summed E-state index contributed by atoms with van der Waals surface area (Å²) < 4.78 is 6.44. The molecule has 0 aromatic carbocycles. The van der Waals surface area contributed by atoms with Crippen molar-refractivity contribution < 1.29 is 4.74 Å². The Labute approximate surface area is 79.5 Å². The molecule has 0 saturated heterocycles. The summed E-state index contributed by atoms with van der Waals surface area (Å²) in [5.41, 5.74) is 0. The highest BCUT2D eigenvalue weighted by atomic mass is 79.9. The van der Waals surface area contributed by atoms with Crippen LogP contribution in [0.1, 0.15) is 0 Å². The molecule has 3 nitrogen and oxygen atoms in total. The van der Waals surface area contributed by atoms with E-state index >= 15 is 0 Å². The molecule has 2 rings (SSSR count). The first-order valence-electron chi connectivity index (χ1n) is 3.77. The maximum atomic E-state index is 5.47. The topological polar surface area (TPSA) is 25.4 Å². The largest absolute Gasteiger partial charge is 0.487 e. The number of anilines is 1. The first kappa shape index (κ1) is 7.86. The summed E-state index contributed by atoms with van der Waals surface area (Å²) in [6.07, 6.45) is 1.77. The summed E-state index contributed by atoms with van der Waals surface area (Å²) in [7, 11) is 2.01. The molecule has 0 N–H and O–H groups in total. The molecule has 0 spiro atoms. The predicted molar refractivity (Wildman–Crippen MR) is 50.7 cm³/mol. The summed E-state index contributed by atoms with van der Waals surface area (Å²) in [5, 5.41) is 0. The summed E-state index contributed by atoms with van der Waals surface area (Å²) in [6, 6.07) is 1.89. The highest BCUT2D eigenvalue weighted by Gasteiger charge is 2.17. The fraction of sp³-hybridized carbons (Fsp3) is 0.375. The molecule has 0 unspecified atom stereocenters. The van der Waals surface area contributed by atoms with Gasteiger partial charge in [-0.3, -0.25) is 0 Å². The Hall–Kier alpha value is -0.770. The minimum atomic E-state index is 0.730. The number of rotatable bonds is 0. The molecule has 64 valence electrons. The van der Waals surface area contributed by atoms with Crippen LogP contribution in [-0.4, -0.2) is 25.2 Å². The molecule has 2 heterocycles. The van der Waals surface area contributed by atoms with Crippen LogP contribution in [0.3, 0.4) is 0 Å². The van der Waals surface area contributed by atoms with Crippen LogP contribution in [-0.2, 0) is 0 Å². The Bertz CT molecular complexity index is 303. The highest BCUT2D eigenvalue weighted by molar-refractivity contribution is 9.10. The van der Waals surface area contributed by atoms with Crippen molar-refractivity contribution in [1.82, 2.24) is 4.98 Å². The van der Waals surface area contributed by atoms with Crippen LogP contribution in [0.25, 0.3) is 0 Å². The number of fused-ring (bicyclic) bond motifs is 1. The van der Waals surface area contributed by atoms with Crippen molar-refractivity contribution in [3.63, 3.8) is 0 Å². The molecular weight excluding hydrogens is 220 g/mol. The Morgan fingerprint density at radius 1 is 1.67 bits per heavy atom. The number of hydrogen-bond donors (Lipinski definition) is 0. The lowest BCUT2D eigenvalue weighted by molar-refractivity contribution is 0.307. The van der Waals surface area contributed by atoms with E-state index in [0.717, 1.165) is 29.2 Å². The molecule has 0 atom stereocenters. The van der Waals surface area contributed by atoms with Gasteiger partial charge in [0.15, 0.2) is 11.6 Å². The van der Waals surface area contributed by atoms with E-state index in [4.69, 9.17) is 4.74 Å². The van der Waals surface area contributed by atoms with Crippen molar-refractivity contribution in [1.29, 1.82) is 0 Å². The molecule has 0 bridgehead atoms. The number of likely N-dealkylation sites (N-methyl/N-ethyl adjacent to an activating group) is 1. The molecule has 1 aromatic heterocycles. The van der Waals surface area contributed by atoms with Gasteiger partial charge in [-0.15, -0.1) is 0 Å². The lowest BCUT2D eigenvalue weighted by Gasteiger charge is -2.26. The highest BCUT2D eigenvalue weighted by Crippen LogP contribution is 2.34. The SMILES string of the molecule is CN1CCOc2c(Br)ccnc21. The average Bonchev–Trinajstić information content (AvgIpc) is 2.07. The van der Waals surface area contributed by atoms with Gasteiger partial charge in [-0.05, 0) is 22.0 Å². The number of ether oxygens (including phenoxy) is 1. The molecule has 12 heavy (non-hydrogen) atoms. The van der Waals surface area contributed by atoms with Crippen LogP contribution < -0.4 is 9.64 Å². The van der Waals surface area contributed by atoms with Crippen molar-refractivity contribution >= 4 is 21.7 Å². The van der Waals surface area contributed by atoms with E-state index in [-0.39, 0.29) is 0 Å². The van der Waals surface area contributed by atoms with E-state index in [2.05, 4.69) is 25.8 Å². The van der Waals surface area contributed by atoms with Crippen molar-refractivity contribution in [2.45, 2.75) is 0 Å². The molecule has 0 amide bonds. The fourth-order valence-corrected chi connectivity index (χ4v) is 1.62. The third kappa shape index (κ3) is 1.16. The van der Waals surface area contributed by atoms with E-state index in [9.17, 15) is 0 Å². The third-order valence-corrected chi connectivity index (χ3v) is 2.50. The molecule has 0 aliphatic carbocycles. The number of pyridine rings is 1. The maximum absolute atomic E-state index is 5.47. The van der Waals surface area contributed by atoms with Crippen LogP contribution in [0.4, 0.5) is 5.82 Å². The van der Waals surface area contributed by atoms with Gasteiger partial charge in [-0.2, -0.15) is 0 Å². The van der Waals surface area contributed by atoms with Crippen LogP contribution in [0, 0.1) is 0 Å². The lowest BCUT2D eigenvalue weighted by atomic mass is 10.3. The Morgan fingerprint density at radius 2 is 2.50 bits per heavy atom. The second kappa shape index (κ2) is 2.94. The summed E-state index contributed by atoms with van der Waals surface area (Å²) >= 11 is 3.42. The molecule has 0 fully saturated rings. The zero-order valence-electron chi connectivity index (χ0n) is 6.75. The van der Waals surface area contributed by atoms with Gasteiger partial charge in [0.1, 0.15) is 6.61 Å². The second-order valence-electron chi connectivity index (χ2n) is 2.72. The van der Waals surface area contributed by atoms with Crippen molar-refractivity contribution in [3.8, 4) is 5.75 Å². The molecule has 0 saturated carbocycles. The van der Waals surface area contributed by atoms with E-state index in [1.54, 1.807) is 6.20 Å². The van der Waals surface area contributed by atoms with Gasteiger partial charge in [-0.25, -0.2) is 4.98 Å². The molecular formula is C8H9BrN2O. The number of aromatic nitrogens is 1. The van der Waals surface area contributed by atoms with Gasteiger partial charge in [0.2, 0.25) is 0 Å². The zero-order valence-corrected chi connectivity index (χ0v) is 8.34. The van der Waals surface area contributed by atoms with E-state index < -0.39 is 0 Å². The second-order valence-corrected chi connectivity index (χ2v) is 3.57. The molecule has 1 aromatic rings. The van der Waals surface area contributed by atoms with Crippen LogP contribution in [0.2, 0.25) is 0 Å². The van der Waals surface area contributed by atoms with Crippen molar-refractivity contribution in [2.24, 2.45) is 0 Å². The standard InChI is InChI=1S/C8H9BrN2O/c1-11-4-5-12-7-6(9)2-3-10-8(7)11/h2-3H,4-5H2,1H3. The first-order valence-corrected chi connectivity index (χ1v) is 4.57. The van der Waals surface area contributed by atoms with Crippen LogP contribution in [0.15, 0.2) is 16.7 Å². The van der Waals surface area contributed by atoms with E-state index in [0.29, 0.717) is 0 Å². The monoisotopic (exact) mass is 228 g/mol. The quantitative estimate of drug-likeness (QED) is 0.676. The molecule has 0 radical (unpaired) electrons. The molecule has 1 aliphatic rings. The molecule has 4 heteroatoms. The van der Waals surface area contributed by atoms with Gasteiger partial charge >= 0.3 is 0 Å². The first-order chi connectivity index (χ1) is 5.79. The van der Waals surface area contributed by atoms with Gasteiger partial charge in [0.05, 0.1) is 11.0 Å².